The van der Waals surface area contributed by atoms with Crippen molar-refractivity contribution in [2.24, 2.45) is 0 Å². The second-order valence-corrected chi connectivity index (χ2v) is 10.0. The highest BCUT2D eigenvalue weighted by molar-refractivity contribution is 6.53. The van der Waals surface area contributed by atoms with Crippen LogP contribution in [-0.4, -0.2) is 78.9 Å². The number of ketones is 2. The number of aromatic hydroxyl groups is 2. The van der Waals surface area contributed by atoms with Gasteiger partial charge in [0.25, 0.3) is 0 Å². The van der Waals surface area contributed by atoms with Crippen molar-refractivity contribution in [1.82, 2.24) is 0 Å². The number of allylic oxidation sites excluding steroid dienone is 2. The Balaban J connectivity index is 1.62. The monoisotopic (exact) mass is 532 g/mol. The molecule has 0 saturated carbocycles. The van der Waals surface area contributed by atoms with E-state index in [-0.39, 0.29) is 17.5 Å². The third kappa shape index (κ3) is 3.75. The Labute approximate surface area is 216 Å². The fraction of sp³-hybridized carbons (Fsp3) is 0.500. The number of rotatable bonds is 5. The van der Waals surface area contributed by atoms with Gasteiger partial charge in [-0.05, 0) is 20.3 Å². The van der Waals surface area contributed by atoms with Crippen LogP contribution in [0.3, 0.4) is 0 Å². The highest BCUT2D eigenvalue weighted by Crippen LogP contribution is 2.60. The standard InChI is InChI=1S/C26H28O12/c1-9-12(27)6-7-16(36-9)38-14-8-13-17-20(26(14,35)10(2)37-13)24(33)19-18(23(17)32)21(30)11(22(31)25(19)34)4-3-5-15(28)29/h3-4,9-10,12-14,16,27,30,32-33,35H,5-8H2,1-2H3,(H,28,29)/b4-3+/t9-,10?,12+,13+,14+,16-,26-/m0/s1. The molecule has 0 spiro atoms. The lowest BCUT2D eigenvalue weighted by Crippen LogP contribution is -2.60. The van der Waals surface area contributed by atoms with Gasteiger partial charge in [0.15, 0.2) is 6.29 Å². The Morgan fingerprint density at radius 1 is 1.08 bits per heavy atom. The first kappa shape index (κ1) is 26.3. The lowest BCUT2D eigenvalue weighted by atomic mass is 9.67. The number of hydrogen-bond donors (Lipinski definition) is 6. The molecular weight excluding hydrogens is 504 g/mol. The molecule has 0 amide bonds. The molecule has 12 nitrogen and oxygen atoms in total. The van der Waals surface area contributed by atoms with Crippen LogP contribution < -0.4 is 0 Å². The van der Waals surface area contributed by atoms with E-state index >= 15 is 0 Å². The average molecular weight is 532 g/mol. The lowest BCUT2D eigenvalue weighted by Gasteiger charge is -2.54. The number of phenols is 2. The number of ether oxygens (including phenoxy) is 3. The van der Waals surface area contributed by atoms with Crippen LogP contribution in [0.25, 0.3) is 5.76 Å². The molecule has 0 aromatic heterocycles. The number of carbonyl (C=O) groups is 3. The summed E-state index contributed by atoms with van der Waals surface area (Å²) in [7, 11) is 0. The summed E-state index contributed by atoms with van der Waals surface area (Å²) in [6, 6.07) is 0. The normalized spacial score (nSPS) is 34.5. The van der Waals surface area contributed by atoms with E-state index < -0.39 is 100 Å². The zero-order valence-electron chi connectivity index (χ0n) is 20.6. The quantitative estimate of drug-likeness (QED) is 0.236. The molecule has 0 radical (unpaired) electrons. The predicted molar refractivity (Wildman–Crippen MR) is 126 cm³/mol. The topological polar surface area (TPSA) is 200 Å². The number of Topliss-reactive ketones (excluding diaryl/α,β-unsaturated/α-hetero) is 2. The van der Waals surface area contributed by atoms with E-state index in [4.69, 9.17) is 19.3 Å². The van der Waals surface area contributed by atoms with Crippen LogP contribution in [-0.2, 0) is 29.4 Å². The second-order valence-electron chi connectivity index (χ2n) is 10.0. The number of hydrogen-bond acceptors (Lipinski definition) is 11. The van der Waals surface area contributed by atoms with Gasteiger partial charge in [-0.2, -0.15) is 0 Å². The maximum atomic E-state index is 13.1. The van der Waals surface area contributed by atoms with Gasteiger partial charge in [0.2, 0.25) is 11.6 Å². The van der Waals surface area contributed by atoms with Gasteiger partial charge in [-0.25, -0.2) is 0 Å². The zero-order valence-corrected chi connectivity index (χ0v) is 20.6. The molecule has 6 N–H and O–H groups in total. The number of phenolic OH excluding ortho intramolecular Hbond substituents is 2. The Morgan fingerprint density at radius 2 is 1.79 bits per heavy atom. The van der Waals surface area contributed by atoms with Crippen LogP contribution in [0.4, 0.5) is 0 Å². The number of benzene rings is 1. The molecule has 2 bridgehead atoms. The molecule has 2 aliphatic carbocycles. The van der Waals surface area contributed by atoms with E-state index in [0.29, 0.717) is 12.8 Å². The first-order valence-electron chi connectivity index (χ1n) is 12.3. The van der Waals surface area contributed by atoms with Crippen LogP contribution in [0.5, 0.6) is 11.5 Å². The summed E-state index contributed by atoms with van der Waals surface area (Å²) >= 11 is 0. The van der Waals surface area contributed by atoms with E-state index in [1.165, 1.54) is 6.92 Å². The van der Waals surface area contributed by atoms with Gasteiger partial charge in [0.05, 0.1) is 53.6 Å². The lowest BCUT2D eigenvalue weighted by molar-refractivity contribution is -0.311. The number of fused-ring (bicyclic) bond motifs is 3. The highest BCUT2D eigenvalue weighted by Gasteiger charge is 2.61. The van der Waals surface area contributed by atoms with E-state index in [1.807, 2.05) is 0 Å². The van der Waals surface area contributed by atoms with Crippen molar-refractivity contribution in [3.8, 4) is 11.5 Å². The molecule has 38 heavy (non-hydrogen) atoms. The summed E-state index contributed by atoms with van der Waals surface area (Å²) in [5.74, 6) is -5.95. The van der Waals surface area contributed by atoms with E-state index in [2.05, 4.69) is 0 Å². The van der Waals surface area contributed by atoms with Gasteiger partial charge in [0, 0.05) is 24.0 Å². The minimum absolute atomic E-state index is 0.0269. The fourth-order valence-electron chi connectivity index (χ4n) is 5.80. The molecule has 3 heterocycles. The molecule has 5 aliphatic rings. The minimum Gasteiger partial charge on any atom is -0.507 e. The van der Waals surface area contributed by atoms with Crippen LogP contribution >= 0.6 is 0 Å². The summed E-state index contributed by atoms with van der Waals surface area (Å²) in [6.45, 7) is 3.22. The van der Waals surface area contributed by atoms with E-state index in [0.717, 1.165) is 12.2 Å². The summed E-state index contributed by atoms with van der Waals surface area (Å²) in [6.07, 6.45) is -2.53. The van der Waals surface area contributed by atoms with Crippen molar-refractivity contribution < 1.29 is 59.2 Å². The number of aliphatic hydroxyl groups excluding tert-OH is 2. The SMILES string of the molecule is CC1O[C@@H]2C[C@@H](O[C@H]3CC[C@@H](O)[C@H](C)O3)[C@]1(O)c1c(O)c3c(c(O)c12)C(O)=C(/C=C/CC(=O)O)C(=O)C3=O. The molecule has 7 atom stereocenters. The van der Waals surface area contributed by atoms with Gasteiger partial charge >= 0.3 is 5.97 Å². The Hall–Kier alpha value is -3.29. The Kier molecular flexibility index (Phi) is 6.35. The Morgan fingerprint density at radius 3 is 2.45 bits per heavy atom. The molecule has 1 aromatic carbocycles. The maximum absolute atomic E-state index is 13.1. The van der Waals surface area contributed by atoms with Crippen LogP contribution in [0.2, 0.25) is 0 Å². The van der Waals surface area contributed by atoms with Crippen molar-refractivity contribution >= 4 is 23.3 Å². The number of aliphatic carboxylic acids is 1. The summed E-state index contributed by atoms with van der Waals surface area (Å²) in [5.41, 5.74) is -4.11. The Bertz CT molecular complexity index is 1300. The molecule has 12 heteroatoms. The first-order chi connectivity index (χ1) is 17.9. The van der Waals surface area contributed by atoms with Gasteiger partial charge in [-0.1, -0.05) is 12.2 Å². The zero-order chi connectivity index (χ0) is 27.7. The smallest absolute Gasteiger partial charge is 0.307 e. The number of carboxylic acid groups (broad SMARTS) is 1. The molecule has 3 aliphatic heterocycles. The maximum Gasteiger partial charge on any atom is 0.307 e. The fourth-order valence-corrected chi connectivity index (χ4v) is 5.80. The highest BCUT2D eigenvalue weighted by atomic mass is 16.7. The van der Waals surface area contributed by atoms with Crippen molar-refractivity contribution in [2.75, 3.05) is 0 Å². The van der Waals surface area contributed by atoms with E-state index in [1.54, 1.807) is 6.92 Å². The molecular formula is C26H28O12. The van der Waals surface area contributed by atoms with Crippen molar-refractivity contribution in [2.45, 2.75) is 81.9 Å². The predicted octanol–water partition coefficient (Wildman–Crippen LogP) is 1.49. The van der Waals surface area contributed by atoms with Crippen molar-refractivity contribution in [1.29, 1.82) is 0 Å². The van der Waals surface area contributed by atoms with Gasteiger partial charge in [-0.3, -0.25) is 14.4 Å². The van der Waals surface area contributed by atoms with Crippen LogP contribution in [0.15, 0.2) is 17.7 Å². The van der Waals surface area contributed by atoms with Gasteiger partial charge in [-0.15, -0.1) is 0 Å². The molecule has 6 rings (SSSR count). The van der Waals surface area contributed by atoms with Gasteiger partial charge in [0.1, 0.15) is 22.9 Å². The summed E-state index contributed by atoms with van der Waals surface area (Å²) < 4.78 is 17.7. The summed E-state index contributed by atoms with van der Waals surface area (Å²) in [5, 5.41) is 64.1. The largest absolute Gasteiger partial charge is 0.507 e. The number of aliphatic hydroxyl groups is 3. The van der Waals surface area contributed by atoms with Crippen LogP contribution in [0.1, 0.15) is 72.7 Å². The molecule has 1 unspecified atom stereocenters. The third-order valence-electron chi connectivity index (χ3n) is 7.78. The summed E-state index contributed by atoms with van der Waals surface area (Å²) in [4.78, 5) is 36.7. The van der Waals surface area contributed by atoms with Crippen LogP contribution in [0, 0.1) is 0 Å². The van der Waals surface area contributed by atoms with Crippen molar-refractivity contribution in [3.63, 3.8) is 0 Å². The van der Waals surface area contributed by atoms with E-state index in [9.17, 15) is 39.9 Å². The molecule has 204 valence electrons. The third-order valence-corrected chi connectivity index (χ3v) is 7.78. The van der Waals surface area contributed by atoms with Gasteiger partial charge < -0.3 is 44.8 Å². The molecule has 2 saturated heterocycles. The number of carboxylic acids is 1. The molecule has 1 aromatic rings. The first-order valence-corrected chi connectivity index (χ1v) is 12.3. The van der Waals surface area contributed by atoms with Crippen molar-refractivity contribution in [3.05, 3.63) is 40.0 Å². The molecule has 2 fully saturated rings. The average Bonchev–Trinajstić information content (AvgIpc) is 2.85. The minimum atomic E-state index is -2.08. The number of carbonyl (C=O) groups excluding carboxylic acids is 2. The second kappa shape index (κ2) is 9.17.